The number of benzene rings is 1. The van der Waals surface area contributed by atoms with Gasteiger partial charge in [0.1, 0.15) is 0 Å². The van der Waals surface area contributed by atoms with Crippen molar-refractivity contribution in [3.05, 3.63) is 29.8 Å². The first-order chi connectivity index (χ1) is 20.4. The predicted octanol–water partition coefficient (Wildman–Crippen LogP) is 7.08. The molecule has 0 spiro atoms. The Bertz CT molecular complexity index is 1300. The van der Waals surface area contributed by atoms with Gasteiger partial charge in [0.25, 0.3) is 10.0 Å². The van der Waals surface area contributed by atoms with Gasteiger partial charge in [0.2, 0.25) is 5.91 Å². The second-order valence-corrected chi connectivity index (χ2v) is 18.7. The second kappa shape index (κ2) is 12.0. The van der Waals surface area contributed by atoms with Gasteiger partial charge in [-0.05, 0) is 127 Å². The lowest BCUT2D eigenvalue weighted by Gasteiger charge is -2.64. The summed E-state index contributed by atoms with van der Waals surface area (Å²) >= 11 is 0. The van der Waals surface area contributed by atoms with E-state index in [1.165, 1.54) is 0 Å². The van der Waals surface area contributed by atoms with Crippen LogP contribution in [0.2, 0.25) is 0 Å². The highest BCUT2D eigenvalue weighted by atomic mass is 32.2. The number of aliphatic hydroxyl groups excluding tert-OH is 2. The molecule has 248 valence electrons. The summed E-state index contributed by atoms with van der Waals surface area (Å²) in [7, 11) is -3.94. The summed E-state index contributed by atoms with van der Waals surface area (Å²) in [5.41, 5.74) is 1.24. The summed E-state index contributed by atoms with van der Waals surface area (Å²) in [4.78, 5) is 13.3. The molecule has 6 nitrogen and oxygen atoms in total. The minimum absolute atomic E-state index is 0.0854. The minimum Gasteiger partial charge on any atom is -0.393 e. The van der Waals surface area contributed by atoms with Crippen molar-refractivity contribution in [1.29, 1.82) is 0 Å². The van der Waals surface area contributed by atoms with E-state index in [-0.39, 0.29) is 45.2 Å². The third kappa shape index (κ3) is 5.81. The molecule has 3 N–H and O–H groups in total. The molecule has 1 aromatic carbocycles. The van der Waals surface area contributed by atoms with E-state index in [2.05, 4.69) is 53.2 Å². The maximum Gasteiger partial charge on any atom is 0.264 e. The topological polar surface area (TPSA) is 104 Å². The van der Waals surface area contributed by atoms with Gasteiger partial charge in [0, 0.05) is 5.92 Å². The fraction of sp³-hybridized carbons (Fsp3) is 0.811. The fourth-order valence-electron chi connectivity index (χ4n) is 11.2. The van der Waals surface area contributed by atoms with Gasteiger partial charge >= 0.3 is 0 Å². The highest BCUT2D eigenvalue weighted by Gasteiger charge is 2.64. The third-order valence-electron chi connectivity index (χ3n) is 13.6. The molecule has 1 aromatic rings. The molecule has 0 aromatic heterocycles. The molecule has 4 fully saturated rings. The number of amides is 1. The molecule has 2 unspecified atom stereocenters. The van der Waals surface area contributed by atoms with Gasteiger partial charge in [0.05, 0.1) is 17.1 Å². The summed E-state index contributed by atoms with van der Waals surface area (Å²) in [5.74, 6) is 1.73. The summed E-state index contributed by atoms with van der Waals surface area (Å²) in [6.07, 6.45) is 8.28. The standard InChI is InChI=1S/C37H59NO5S/c1-9-27-31-21-25(39)16-18-37(31,8)30-17-19-36(7)28(14-15-29(36)32(30)33(27)40)22(2)20-23(3)34(41)38-44(42,43)26-12-10-24(11-13-26)35(4,5)6/h10-13,22-23,25,27-33,39-40H,9,14-21H2,1-8H3,(H,38,41)/t22-,23-,25-,27-,28-,29+,30+,31+,32?,33-,36-,37?/m1/s1. The number of aliphatic hydroxyl groups is 2. The lowest BCUT2D eigenvalue weighted by atomic mass is 9.41. The second-order valence-electron chi connectivity index (χ2n) is 17.0. The average molecular weight is 630 g/mol. The SMILES string of the molecule is CC[C@H]1[C@@H](O)C2[C@H](CC[C@]3(C)[C@@H]([C@H](C)C[C@@H](C)C(=O)NS(=O)(=O)c4ccc(C(C)(C)C)cc4)CC[C@@H]23)C2(C)CC[C@@H](O)C[C@@H]12. The molecule has 4 saturated carbocycles. The van der Waals surface area contributed by atoms with Gasteiger partial charge in [-0.15, -0.1) is 0 Å². The first-order valence-electron chi connectivity index (χ1n) is 17.5. The predicted molar refractivity (Wildman–Crippen MR) is 175 cm³/mol. The number of rotatable bonds is 7. The third-order valence-corrected chi connectivity index (χ3v) is 15.0. The van der Waals surface area contributed by atoms with Gasteiger partial charge in [0.15, 0.2) is 0 Å². The summed E-state index contributed by atoms with van der Waals surface area (Å²) in [6.45, 7) is 17.5. The molecule has 0 saturated heterocycles. The van der Waals surface area contributed by atoms with E-state index in [0.717, 1.165) is 56.9 Å². The van der Waals surface area contributed by atoms with Crippen LogP contribution in [0.1, 0.15) is 119 Å². The zero-order valence-electron chi connectivity index (χ0n) is 28.5. The maximum atomic E-state index is 13.2. The van der Waals surface area contributed by atoms with Crippen LogP contribution < -0.4 is 4.72 Å². The Morgan fingerprint density at radius 3 is 2.18 bits per heavy atom. The zero-order chi connectivity index (χ0) is 32.4. The summed E-state index contributed by atoms with van der Waals surface area (Å²) in [6, 6.07) is 6.81. The van der Waals surface area contributed by atoms with E-state index >= 15 is 0 Å². The van der Waals surface area contributed by atoms with E-state index < -0.39 is 21.8 Å². The van der Waals surface area contributed by atoms with E-state index in [1.807, 2.05) is 19.1 Å². The Morgan fingerprint density at radius 1 is 0.955 bits per heavy atom. The Labute approximate surface area is 267 Å². The van der Waals surface area contributed by atoms with Crippen molar-refractivity contribution in [2.45, 2.75) is 136 Å². The van der Waals surface area contributed by atoms with Crippen LogP contribution in [0.5, 0.6) is 0 Å². The Kier molecular flexibility index (Phi) is 9.23. The monoisotopic (exact) mass is 629 g/mol. The number of hydrogen-bond acceptors (Lipinski definition) is 5. The van der Waals surface area contributed by atoms with Crippen molar-refractivity contribution in [3.8, 4) is 0 Å². The fourth-order valence-corrected chi connectivity index (χ4v) is 12.3. The smallest absolute Gasteiger partial charge is 0.264 e. The number of fused-ring (bicyclic) bond motifs is 5. The van der Waals surface area contributed by atoms with Crippen LogP contribution in [0.15, 0.2) is 29.2 Å². The lowest BCUT2D eigenvalue weighted by Crippen LogP contribution is -2.62. The molecule has 7 heteroatoms. The molecule has 0 aliphatic heterocycles. The van der Waals surface area contributed by atoms with Crippen molar-refractivity contribution in [1.82, 2.24) is 4.72 Å². The number of sulfonamides is 1. The highest BCUT2D eigenvalue weighted by Crippen LogP contribution is 2.69. The van der Waals surface area contributed by atoms with Crippen LogP contribution in [-0.2, 0) is 20.2 Å². The first-order valence-corrected chi connectivity index (χ1v) is 19.0. The molecular weight excluding hydrogens is 570 g/mol. The molecule has 0 bridgehead atoms. The van der Waals surface area contributed by atoms with Gasteiger partial charge in [-0.2, -0.15) is 0 Å². The van der Waals surface area contributed by atoms with Crippen molar-refractivity contribution in [2.75, 3.05) is 0 Å². The highest BCUT2D eigenvalue weighted by molar-refractivity contribution is 7.90. The molecule has 4 aliphatic carbocycles. The van der Waals surface area contributed by atoms with Crippen molar-refractivity contribution in [2.24, 2.45) is 58.2 Å². The summed E-state index contributed by atoms with van der Waals surface area (Å²) in [5, 5.41) is 22.5. The molecule has 0 heterocycles. The molecule has 4 aliphatic rings. The Hall–Kier alpha value is -1.44. The van der Waals surface area contributed by atoms with Gasteiger partial charge in [-0.1, -0.05) is 73.9 Å². The van der Waals surface area contributed by atoms with Crippen LogP contribution in [0, 0.1) is 58.2 Å². The van der Waals surface area contributed by atoms with Crippen LogP contribution in [0.25, 0.3) is 0 Å². The van der Waals surface area contributed by atoms with Gasteiger partial charge in [-0.3, -0.25) is 4.79 Å². The van der Waals surface area contributed by atoms with E-state index in [1.54, 1.807) is 12.1 Å². The minimum atomic E-state index is -3.94. The van der Waals surface area contributed by atoms with Crippen LogP contribution in [0.4, 0.5) is 0 Å². The van der Waals surface area contributed by atoms with Crippen molar-refractivity contribution in [3.63, 3.8) is 0 Å². The number of nitrogens with one attached hydrogen (secondary N) is 1. The molecular formula is C37H59NO5S. The number of carbonyl (C=O) groups is 1. The van der Waals surface area contributed by atoms with E-state index in [4.69, 9.17) is 0 Å². The summed E-state index contributed by atoms with van der Waals surface area (Å²) < 4.78 is 28.5. The van der Waals surface area contributed by atoms with Gasteiger partial charge in [-0.25, -0.2) is 13.1 Å². The van der Waals surface area contributed by atoms with Crippen LogP contribution >= 0.6 is 0 Å². The van der Waals surface area contributed by atoms with Crippen molar-refractivity contribution < 1.29 is 23.4 Å². The lowest BCUT2D eigenvalue weighted by molar-refractivity contribution is -0.203. The maximum absolute atomic E-state index is 13.2. The number of carbonyl (C=O) groups excluding carboxylic acids is 1. The molecule has 12 atom stereocenters. The molecule has 0 radical (unpaired) electrons. The molecule has 5 rings (SSSR count). The normalized spacial score (nSPS) is 40.3. The number of hydrogen-bond donors (Lipinski definition) is 3. The van der Waals surface area contributed by atoms with Crippen LogP contribution in [0.3, 0.4) is 0 Å². The molecule has 44 heavy (non-hydrogen) atoms. The first kappa shape index (κ1) is 33.9. The Balaban J connectivity index is 1.27. The average Bonchev–Trinajstić information content (AvgIpc) is 3.30. The van der Waals surface area contributed by atoms with E-state index in [9.17, 15) is 23.4 Å². The van der Waals surface area contributed by atoms with Gasteiger partial charge < -0.3 is 10.2 Å². The van der Waals surface area contributed by atoms with Crippen molar-refractivity contribution >= 4 is 15.9 Å². The quantitative estimate of drug-likeness (QED) is 0.299. The molecule has 1 amide bonds. The zero-order valence-corrected chi connectivity index (χ0v) is 29.3. The largest absolute Gasteiger partial charge is 0.393 e. The van der Waals surface area contributed by atoms with E-state index in [0.29, 0.717) is 36.0 Å². The van der Waals surface area contributed by atoms with Crippen LogP contribution in [-0.4, -0.2) is 36.7 Å². The Morgan fingerprint density at radius 2 is 1.57 bits per heavy atom.